The minimum atomic E-state index is -1.51. The van der Waals surface area contributed by atoms with Crippen molar-refractivity contribution in [2.45, 2.75) is 38.3 Å². The minimum absolute atomic E-state index is 0.0380. The van der Waals surface area contributed by atoms with Crippen molar-refractivity contribution in [3.63, 3.8) is 0 Å². The fourth-order valence-corrected chi connectivity index (χ4v) is 2.49. The van der Waals surface area contributed by atoms with Crippen LogP contribution in [0.4, 0.5) is 13.2 Å². The Kier molecular flexibility index (Phi) is 3.92. The van der Waals surface area contributed by atoms with Gasteiger partial charge < -0.3 is 9.84 Å². The molecule has 3 rings (SSSR count). The van der Waals surface area contributed by atoms with Crippen molar-refractivity contribution >= 4 is 0 Å². The number of halogens is 3. The fraction of sp³-hybridized carbons (Fsp3) is 0.429. The number of rotatable bonds is 4. The van der Waals surface area contributed by atoms with Crippen molar-refractivity contribution < 1.29 is 17.7 Å². The Hall–Kier alpha value is -1.89. The number of benzene rings is 1. The van der Waals surface area contributed by atoms with Crippen molar-refractivity contribution in [3.8, 4) is 11.4 Å². The van der Waals surface area contributed by atoms with E-state index in [1.807, 2.05) is 0 Å². The normalized spacial score (nSPS) is 15.8. The number of nitrogens with zero attached hydrogens (tertiary/aromatic N) is 2. The Morgan fingerprint density at radius 1 is 1.14 bits per heavy atom. The first-order valence-corrected chi connectivity index (χ1v) is 6.84. The second-order valence-corrected chi connectivity index (χ2v) is 5.13. The van der Waals surface area contributed by atoms with Crippen LogP contribution < -0.4 is 5.32 Å². The molecule has 1 aromatic heterocycles. The van der Waals surface area contributed by atoms with Gasteiger partial charge in [-0.1, -0.05) is 18.0 Å². The molecule has 1 saturated carbocycles. The zero-order chi connectivity index (χ0) is 14.8. The van der Waals surface area contributed by atoms with Gasteiger partial charge in [-0.05, 0) is 25.0 Å². The quantitative estimate of drug-likeness (QED) is 0.881. The summed E-state index contributed by atoms with van der Waals surface area (Å²) in [6, 6.07) is 2.13. The average Bonchev–Trinajstić information content (AvgIpc) is 3.13. The maximum Gasteiger partial charge on any atom is 0.240 e. The molecule has 1 aromatic carbocycles. The summed E-state index contributed by atoms with van der Waals surface area (Å²) in [4.78, 5) is 4.06. The SMILES string of the molecule is Fc1cc(-c2noc(CNC3CCCC3)n2)cc(F)c1F. The van der Waals surface area contributed by atoms with Crippen LogP contribution in [0, 0.1) is 17.5 Å². The van der Waals surface area contributed by atoms with E-state index in [-0.39, 0.29) is 11.4 Å². The summed E-state index contributed by atoms with van der Waals surface area (Å²) < 4.78 is 44.3. The molecular formula is C14H14F3N3O. The lowest BCUT2D eigenvalue weighted by Crippen LogP contribution is -2.25. The van der Waals surface area contributed by atoms with Crippen molar-refractivity contribution in [1.29, 1.82) is 0 Å². The van der Waals surface area contributed by atoms with Crippen LogP contribution in [0.3, 0.4) is 0 Å². The van der Waals surface area contributed by atoms with Crippen LogP contribution in [-0.2, 0) is 6.54 Å². The smallest absolute Gasteiger partial charge is 0.240 e. The van der Waals surface area contributed by atoms with E-state index in [2.05, 4.69) is 15.5 Å². The first-order chi connectivity index (χ1) is 10.1. The number of nitrogens with one attached hydrogen (secondary N) is 1. The van der Waals surface area contributed by atoms with Gasteiger partial charge in [0.2, 0.25) is 11.7 Å². The molecule has 1 aliphatic rings. The number of aromatic nitrogens is 2. The van der Waals surface area contributed by atoms with Crippen LogP contribution >= 0.6 is 0 Å². The van der Waals surface area contributed by atoms with E-state index in [1.165, 1.54) is 12.8 Å². The molecule has 7 heteroatoms. The highest BCUT2D eigenvalue weighted by molar-refractivity contribution is 5.54. The number of hydrogen-bond acceptors (Lipinski definition) is 4. The highest BCUT2D eigenvalue weighted by atomic mass is 19.2. The third kappa shape index (κ3) is 3.07. The van der Waals surface area contributed by atoms with E-state index in [0.29, 0.717) is 18.5 Å². The van der Waals surface area contributed by atoms with E-state index >= 15 is 0 Å². The van der Waals surface area contributed by atoms with E-state index in [0.717, 1.165) is 25.0 Å². The first kappa shape index (κ1) is 14.1. The van der Waals surface area contributed by atoms with Gasteiger partial charge in [0.15, 0.2) is 17.5 Å². The topological polar surface area (TPSA) is 51.0 Å². The summed E-state index contributed by atoms with van der Waals surface area (Å²) in [6.07, 6.45) is 4.66. The van der Waals surface area contributed by atoms with Gasteiger partial charge in [-0.15, -0.1) is 0 Å². The molecule has 112 valence electrons. The molecular weight excluding hydrogens is 283 g/mol. The van der Waals surface area contributed by atoms with Crippen molar-refractivity contribution in [3.05, 3.63) is 35.5 Å². The molecule has 0 radical (unpaired) electrons. The zero-order valence-electron chi connectivity index (χ0n) is 11.2. The van der Waals surface area contributed by atoms with E-state index in [9.17, 15) is 13.2 Å². The molecule has 0 atom stereocenters. The molecule has 4 nitrogen and oxygen atoms in total. The monoisotopic (exact) mass is 297 g/mol. The Balaban J connectivity index is 1.72. The standard InChI is InChI=1S/C14H14F3N3O/c15-10-5-8(6-11(16)13(10)17)14-19-12(21-20-14)7-18-9-3-1-2-4-9/h5-6,9,18H,1-4,7H2. The molecule has 0 amide bonds. The van der Waals surface area contributed by atoms with Gasteiger partial charge in [0, 0.05) is 11.6 Å². The van der Waals surface area contributed by atoms with Crippen LogP contribution in [0.15, 0.2) is 16.7 Å². The van der Waals surface area contributed by atoms with Crippen LogP contribution in [0.2, 0.25) is 0 Å². The summed E-state index contributed by atoms with van der Waals surface area (Å²) in [5.74, 6) is -3.69. The molecule has 1 heterocycles. The Morgan fingerprint density at radius 3 is 2.48 bits per heavy atom. The minimum Gasteiger partial charge on any atom is -0.338 e. The lowest BCUT2D eigenvalue weighted by Gasteiger charge is -2.08. The zero-order valence-corrected chi connectivity index (χ0v) is 11.2. The Labute approximate surface area is 119 Å². The van der Waals surface area contributed by atoms with Gasteiger partial charge in [-0.25, -0.2) is 13.2 Å². The summed E-state index contributed by atoms with van der Waals surface area (Å²) in [5, 5.41) is 6.95. The molecule has 21 heavy (non-hydrogen) atoms. The van der Waals surface area contributed by atoms with Crippen LogP contribution in [0.25, 0.3) is 11.4 Å². The predicted octanol–water partition coefficient (Wildman–Crippen LogP) is 3.19. The third-order valence-corrected chi connectivity index (χ3v) is 3.61. The van der Waals surface area contributed by atoms with Crippen molar-refractivity contribution in [1.82, 2.24) is 15.5 Å². The largest absolute Gasteiger partial charge is 0.338 e. The maximum absolute atomic E-state index is 13.2. The van der Waals surface area contributed by atoms with Gasteiger partial charge in [-0.2, -0.15) is 4.98 Å². The van der Waals surface area contributed by atoms with Gasteiger partial charge >= 0.3 is 0 Å². The van der Waals surface area contributed by atoms with Crippen molar-refractivity contribution in [2.75, 3.05) is 0 Å². The second kappa shape index (κ2) is 5.85. The molecule has 0 spiro atoms. The molecule has 0 bridgehead atoms. The van der Waals surface area contributed by atoms with Gasteiger partial charge in [0.05, 0.1) is 6.54 Å². The van der Waals surface area contributed by atoms with E-state index in [4.69, 9.17) is 4.52 Å². The van der Waals surface area contributed by atoms with Gasteiger partial charge in [0.25, 0.3) is 0 Å². The Bertz CT molecular complexity index is 615. The molecule has 1 N–H and O–H groups in total. The summed E-state index contributed by atoms with van der Waals surface area (Å²) in [5.41, 5.74) is 0.0438. The molecule has 0 unspecified atom stereocenters. The third-order valence-electron chi connectivity index (χ3n) is 3.61. The van der Waals surface area contributed by atoms with Gasteiger partial charge in [0.1, 0.15) is 0 Å². The molecule has 0 aliphatic heterocycles. The average molecular weight is 297 g/mol. The van der Waals surface area contributed by atoms with Crippen LogP contribution in [-0.4, -0.2) is 16.2 Å². The first-order valence-electron chi connectivity index (χ1n) is 6.84. The predicted molar refractivity (Wildman–Crippen MR) is 68.7 cm³/mol. The van der Waals surface area contributed by atoms with Crippen LogP contribution in [0.1, 0.15) is 31.6 Å². The van der Waals surface area contributed by atoms with E-state index < -0.39 is 17.5 Å². The summed E-state index contributed by atoms with van der Waals surface area (Å²) in [7, 11) is 0. The highest BCUT2D eigenvalue weighted by Gasteiger charge is 2.17. The lowest BCUT2D eigenvalue weighted by molar-refractivity contribution is 0.357. The fourth-order valence-electron chi connectivity index (χ4n) is 2.49. The van der Waals surface area contributed by atoms with E-state index in [1.54, 1.807) is 0 Å². The lowest BCUT2D eigenvalue weighted by atomic mass is 10.2. The maximum atomic E-state index is 13.2. The van der Waals surface area contributed by atoms with Crippen molar-refractivity contribution in [2.24, 2.45) is 0 Å². The second-order valence-electron chi connectivity index (χ2n) is 5.13. The van der Waals surface area contributed by atoms with Gasteiger partial charge in [-0.3, -0.25) is 0 Å². The van der Waals surface area contributed by atoms with Crippen LogP contribution in [0.5, 0.6) is 0 Å². The summed E-state index contributed by atoms with van der Waals surface area (Å²) in [6.45, 7) is 0.407. The molecule has 1 aliphatic carbocycles. The molecule has 1 fully saturated rings. The Morgan fingerprint density at radius 2 is 1.81 bits per heavy atom. The summed E-state index contributed by atoms with van der Waals surface area (Å²) >= 11 is 0. The molecule has 2 aromatic rings. The molecule has 0 saturated heterocycles. The highest BCUT2D eigenvalue weighted by Crippen LogP contribution is 2.22. The number of hydrogen-bond donors (Lipinski definition) is 1.